The van der Waals surface area contributed by atoms with E-state index in [-0.39, 0.29) is 0 Å². The van der Waals surface area contributed by atoms with Crippen LogP contribution in [0.15, 0.2) is 24.3 Å². The molecule has 0 radical (unpaired) electrons. The predicted molar refractivity (Wildman–Crippen MR) is 106 cm³/mol. The van der Waals surface area contributed by atoms with Gasteiger partial charge in [0.2, 0.25) is 0 Å². The average molecular weight is 383 g/mol. The van der Waals surface area contributed by atoms with Crippen LogP contribution in [0.1, 0.15) is 35.6 Å². The number of hydrogen-bond donors (Lipinski definition) is 0. The van der Waals surface area contributed by atoms with E-state index in [1.807, 2.05) is 24.3 Å². The minimum Gasteiger partial charge on any atom is -0.249 e. The lowest BCUT2D eigenvalue weighted by molar-refractivity contribution is 0.655. The Hall–Kier alpha value is -2.04. The molecule has 5 rings (SSSR count). The molecule has 1 aliphatic carbocycles. The molecule has 0 bridgehead atoms. The van der Waals surface area contributed by atoms with Gasteiger partial charge in [0.25, 0.3) is 0 Å². The summed E-state index contributed by atoms with van der Waals surface area (Å²) < 4.78 is 0. The van der Waals surface area contributed by atoms with Crippen LogP contribution in [0, 0.1) is 0 Å². The van der Waals surface area contributed by atoms with Gasteiger partial charge in [0.05, 0.1) is 56.6 Å². The average Bonchev–Trinajstić information content (AvgIpc) is 2.71. The molecule has 1 aromatic carbocycles. The van der Waals surface area contributed by atoms with Gasteiger partial charge in [0.15, 0.2) is 0 Å². The number of pyridine rings is 2. The van der Waals surface area contributed by atoms with E-state index in [0.29, 0.717) is 11.8 Å². The normalized spacial score (nSPS) is 14.2. The number of fused-ring (bicyclic) bond motifs is 7. The second kappa shape index (κ2) is 6.29. The first-order valence-electron chi connectivity index (χ1n) is 8.81. The molecule has 3 aromatic heterocycles. The van der Waals surface area contributed by atoms with Crippen molar-refractivity contribution < 1.29 is 0 Å². The van der Waals surface area contributed by atoms with Gasteiger partial charge in [0.1, 0.15) is 0 Å². The summed E-state index contributed by atoms with van der Waals surface area (Å²) in [6, 6.07) is 7.99. The first kappa shape index (κ1) is 16.2. The summed E-state index contributed by atoms with van der Waals surface area (Å²) in [4.78, 5) is 19.5. The van der Waals surface area contributed by atoms with Gasteiger partial charge in [-0.05, 0) is 49.9 Å². The van der Waals surface area contributed by atoms with E-state index in [1.54, 1.807) is 0 Å². The van der Waals surface area contributed by atoms with Gasteiger partial charge in [-0.3, -0.25) is 0 Å². The van der Waals surface area contributed by atoms with Crippen molar-refractivity contribution >= 4 is 56.0 Å². The fraction of sp³-hybridized carbons (Fsp3) is 0.300. The Morgan fingerprint density at radius 3 is 1.46 bits per heavy atom. The topological polar surface area (TPSA) is 51.6 Å². The van der Waals surface area contributed by atoms with Crippen molar-refractivity contribution in [2.24, 2.45) is 0 Å². The first-order chi connectivity index (χ1) is 12.8. The van der Waals surface area contributed by atoms with E-state index >= 15 is 0 Å². The van der Waals surface area contributed by atoms with Crippen molar-refractivity contribution in [1.29, 1.82) is 0 Å². The quantitative estimate of drug-likeness (QED) is 0.358. The Kier molecular flexibility index (Phi) is 3.91. The number of halogens is 2. The molecule has 0 atom stereocenters. The van der Waals surface area contributed by atoms with Crippen molar-refractivity contribution in [2.75, 3.05) is 0 Å². The number of benzene rings is 1. The standard InChI is InChI=1S/C20H16Cl2N4/c21-9-11-5-7-13-17(23-11)18-14(8-6-12(10-22)24-18)20-19(13)25-15-3-1-2-4-16(15)26-20/h5-8H,1-4,9-10H2. The van der Waals surface area contributed by atoms with Gasteiger partial charge >= 0.3 is 0 Å². The van der Waals surface area contributed by atoms with E-state index in [0.717, 1.165) is 68.5 Å². The van der Waals surface area contributed by atoms with Gasteiger partial charge in [-0.15, -0.1) is 23.2 Å². The van der Waals surface area contributed by atoms with Crippen LogP contribution in [0.4, 0.5) is 0 Å². The second-order valence-corrected chi connectivity index (χ2v) is 7.22. The lowest BCUT2D eigenvalue weighted by atomic mass is 9.99. The lowest BCUT2D eigenvalue weighted by Crippen LogP contribution is -2.09. The van der Waals surface area contributed by atoms with Crippen molar-refractivity contribution in [3.05, 3.63) is 47.0 Å². The van der Waals surface area contributed by atoms with E-state index in [4.69, 9.17) is 43.1 Å². The van der Waals surface area contributed by atoms with Crippen LogP contribution in [0.2, 0.25) is 0 Å². The van der Waals surface area contributed by atoms with Crippen LogP contribution in [0.3, 0.4) is 0 Å². The number of nitrogens with zero attached hydrogens (tertiary/aromatic N) is 4. The smallest absolute Gasteiger partial charge is 0.0992 e. The summed E-state index contributed by atoms with van der Waals surface area (Å²) in [6.45, 7) is 0. The summed E-state index contributed by atoms with van der Waals surface area (Å²) >= 11 is 12.0. The van der Waals surface area contributed by atoms with Crippen molar-refractivity contribution in [2.45, 2.75) is 37.4 Å². The molecule has 0 unspecified atom stereocenters. The van der Waals surface area contributed by atoms with E-state index < -0.39 is 0 Å². The van der Waals surface area contributed by atoms with Crippen LogP contribution >= 0.6 is 23.2 Å². The zero-order chi connectivity index (χ0) is 17.7. The van der Waals surface area contributed by atoms with Crippen molar-refractivity contribution in [1.82, 2.24) is 19.9 Å². The van der Waals surface area contributed by atoms with Crippen molar-refractivity contribution in [3.8, 4) is 0 Å². The van der Waals surface area contributed by atoms with Crippen LogP contribution in [-0.2, 0) is 24.6 Å². The molecule has 0 N–H and O–H groups in total. The zero-order valence-corrected chi connectivity index (χ0v) is 15.6. The highest BCUT2D eigenvalue weighted by atomic mass is 35.5. The van der Waals surface area contributed by atoms with Gasteiger partial charge in [-0.25, -0.2) is 19.9 Å². The Morgan fingerprint density at radius 1 is 0.615 bits per heavy atom. The van der Waals surface area contributed by atoms with Gasteiger partial charge in [-0.1, -0.05) is 0 Å². The molecule has 0 spiro atoms. The minimum atomic E-state index is 0.362. The summed E-state index contributed by atoms with van der Waals surface area (Å²) in [5.41, 5.74) is 7.34. The van der Waals surface area contributed by atoms with Gasteiger partial charge < -0.3 is 0 Å². The number of rotatable bonds is 2. The molecule has 0 aliphatic heterocycles. The third-order valence-electron chi connectivity index (χ3n) is 5.04. The molecular weight excluding hydrogens is 367 g/mol. The highest BCUT2D eigenvalue weighted by Crippen LogP contribution is 2.33. The molecule has 130 valence electrons. The largest absolute Gasteiger partial charge is 0.249 e. The number of aromatic nitrogens is 4. The Labute approximate surface area is 160 Å². The molecule has 0 amide bonds. The van der Waals surface area contributed by atoms with Crippen LogP contribution in [0.25, 0.3) is 32.8 Å². The molecular formula is C20H16Cl2N4. The maximum atomic E-state index is 6.02. The monoisotopic (exact) mass is 382 g/mol. The molecule has 3 heterocycles. The molecule has 0 fully saturated rings. The number of alkyl halides is 2. The summed E-state index contributed by atoms with van der Waals surface area (Å²) in [7, 11) is 0. The fourth-order valence-electron chi connectivity index (χ4n) is 3.76. The molecule has 4 nitrogen and oxygen atoms in total. The SMILES string of the molecule is ClCc1ccc2c(n1)c1nc(CCl)ccc1c1nc3c(nc21)CCCC3. The highest BCUT2D eigenvalue weighted by molar-refractivity contribution is 6.21. The van der Waals surface area contributed by atoms with E-state index in [2.05, 4.69) is 0 Å². The van der Waals surface area contributed by atoms with Crippen molar-refractivity contribution in [3.63, 3.8) is 0 Å². The molecule has 4 aromatic rings. The zero-order valence-electron chi connectivity index (χ0n) is 14.1. The molecule has 6 heteroatoms. The maximum Gasteiger partial charge on any atom is 0.0992 e. The number of aryl methyl sites for hydroxylation is 2. The predicted octanol–water partition coefficient (Wildman–Crippen LogP) is 5.08. The summed E-state index contributed by atoms with van der Waals surface area (Å²) in [5.74, 6) is 0.723. The number of hydrogen-bond acceptors (Lipinski definition) is 4. The first-order valence-corrected chi connectivity index (χ1v) is 9.88. The van der Waals surface area contributed by atoms with Gasteiger partial charge in [0, 0.05) is 10.8 Å². The van der Waals surface area contributed by atoms with E-state index in [9.17, 15) is 0 Å². The minimum absolute atomic E-state index is 0.362. The van der Waals surface area contributed by atoms with E-state index in [1.165, 1.54) is 12.8 Å². The lowest BCUT2D eigenvalue weighted by Gasteiger charge is -2.16. The Balaban J connectivity index is 1.99. The highest BCUT2D eigenvalue weighted by Gasteiger charge is 2.19. The summed E-state index contributed by atoms with van der Waals surface area (Å²) in [6.07, 6.45) is 4.34. The molecule has 1 aliphatic rings. The third kappa shape index (κ3) is 2.43. The second-order valence-electron chi connectivity index (χ2n) is 6.69. The molecule has 26 heavy (non-hydrogen) atoms. The van der Waals surface area contributed by atoms with Crippen LogP contribution in [-0.4, -0.2) is 19.9 Å². The van der Waals surface area contributed by atoms with Gasteiger partial charge in [-0.2, -0.15) is 0 Å². The Bertz CT molecular complexity index is 1060. The third-order valence-corrected chi connectivity index (χ3v) is 5.59. The van der Waals surface area contributed by atoms with Crippen LogP contribution in [0.5, 0.6) is 0 Å². The summed E-state index contributed by atoms with van der Waals surface area (Å²) in [5, 5.41) is 1.95. The maximum absolute atomic E-state index is 6.02. The fourth-order valence-corrected chi connectivity index (χ4v) is 4.05. The Morgan fingerprint density at radius 2 is 1.04 bits per heavy atom. The molecule has 0 saturated heterocycles. The molecule has 0 saturated carbocycles. The van der Waals surface area contributed by atoms with Crippen LogP contribution < -0.4 is 0 Å².